The lowest BCUT2D eigenvalue weighted by atomic mass is 9.82. The summed E-state index contributed by atoms with van der Waals surface area (Å²) in [5.74, 6) is 0.801. The Morgan fingerprint density at radius 1 is 1.27 bits per heavy atom. The number of amides is 1. The smallest absolute Gasteiger partial charge is 0.353 e. The summed E-state index contributed by atoms with van der Waals surface area (Å²) in [7, 11) is 0. The summed E-state index contributed by atoms with van der Waals surface area (Å²) in [6.45, 7) is 9.43. The zero-order chi connectivity index (χ0) is 27.0. The van der Waals surface area contributed by atoms with Crippen LogP contribution in [0, 0.1) is 12.8 Å². The monoisotopic (exact) mass is 600 g/mol. The van der Waals surface area contributed by atoms with Gasteiger partial charge in [-0.15, -0.1) is 11.3 Å². The summed E-state index contributed by atoms with van der Waals surface area (Å²) in [5.41, 5.74) is 2.33. The van der Waals surface area contributed by atoms with E-state index in [0.29, 0.717) is 26.8 Å². The van der Waals surface area contributed by atoms with Gasteiger partial charge in [0.15, 0.2) is 0 Å². The lowest BCUT2D eigenvalue weighted by Gasteiger charge is -2.31. The Hall–Kier alpha value is -3.02. The molecule has 214 valence electrons. The molecule has 1 aliphatic carbocycles. The van der Waals surface area contributed by atoms with Crippen molar-refractivity contribution in [3.63, 3.8) is 0 Å². The third kappa shape index (κ3) is 6.16. The first-order valence-electron chi connectivity index (χ1n) is 13.0. The number of thiophene rings is 1. The molecule has 0 spiro atoms. The number of hydrogen-bond acceptors (Lipinski definition) is 7. The third-order valence-corrected chi connectivity index (χ3v) is 8.24. The first-order valence-corrected chi connectivity index (χ1v) is 13.8. The van der Waals surface area contributed by atoms with Crippen LogP contribution >= 0.6 is 38.3 Å². The van der Waals surface area contributed by atoms with Gasteiger partial charge in [-0.1, -0.05) is 19.4 Å². The van der Waals surface area contributed by atoms with Gasteiger partial charge in [0, 0.05) is 18.7 Å². The Kier molecular flexibility index (Phi) is 10.3. The predicted molar refractivity (Wildman–Crippen MR) is 172 cm³/mol. The van der Waals surface area contributed by atoms with E-state index >= 15 is 0 Å². The average molecular weight is 601 g/mol. The number of ether oxygens (including phenoxy) is 1. The summed E-state index contributed by atoms with van der Waals surface area (Å²) in [6, 6.07) is 7.42. The number of nitrogens with one attached hydrogen (secondary N) is 1. The van der Waals surface area contributed by atoms with Gasteiger partial charge in [0.1, 0.15) is 21.9 Å². The van der Waals surface area contributed by atoms with Crippen LogP contribution in [0.25, 0.3) is 32.7 Å². The van der Waals surface area contributed by atoms with E-state index in [2.05, 4.69) is 21.9 Å². The number of carbonyl (C=O) groups is 1. The summed E-state index contributed by atoms with van der Waals surface area (Å²) in [6.07, 6.45) is 7.23. The van der Waals surface area contributed by atoms with Crippen molar-refractivity contribution < 1.29 is 14.6 Å². The molecule has 40 heavy (non-hydrogen) atoms. The Labute approximate surface area is 251 Å². The molecule has 2 atom stereocenters. The van der Waals surface area contributed by atoms with Crippen LogP contribution in [0.1, 0.15) is 51.5 Å². The largest absolute Gasteiger partial charge is 0.511 e. The van der Waals surface area contributed by atoms with Crippen LogP contribution in [0.3, 0.4) is 0 Å². The molecule has 0 bridgehead atoms. The van der Waals surface area contributed by atoms with E-state index in [1.54, 1.807) is 10.8 Å². The molecule has 11 heteroatoms. The zero-order valence-electron chi connectivity index (χ0n) is 22.9. The highest BCUT2D eigenvalue weighted by Crippen LogP contribution is 2.32. The summed E-state index contributed by atoms with van der Waals surface area (Å²) >= 11 is 1.34. The Morgan fingerprint density at radius 3 is 2.73 bits per heavy atom. The van der Waals surface area contributed by atoms with Crippen LogP contribution in [-0.4, -0.2) is 37.7 Å². The molecule has 8 nitrogen and oxygen atoms in total. The molecular weight excluding hydrogens is 565 g/mol. The Balaban J connectivity index is 0.00000220. The highest BCUT2D eigenvalue weighted by atomic mass is 32.1. The molecule has 2 N–H and O–H groups in total. The second-order valence-corrected chi connectivity index (χ2v) is 11.1. The number of pyridine rings is 1. The number of aliphatic hydroxyl groups excluding tert-OH is 1. The standard InChI is InChI=1S/C29H32N4O4S.2H2S/c1-5-24(35)31-20-9-7-6-8-18(20)15-23(34)27-26-25-22(12-13-30-28(25)38-27)33(29(36)32-26)21-11-10-19(14-17(21)4)37-16(2)3;;/h5,10-14,16,18,20,34H,1,6-9,15H2,2-4H3,(H,31,35);2*1H2/t18-,20+;;/m1../s1. The predicted octanol–water partition coefficient (Wildman–Crippen LogP) is 4.95. The van der Waals surface area contributed by atoms with Crippen molar-refractivity contribution in [3.05, 3.63) is 63.7 Å². The van der Waals surface area contributed by atoms with E-state index in [1.165, 1.54) is 17.4 Å². The summed E-state index contributed by atoms with van der Waals surface area (Å²) in [5, 5.41) is 15.1. The fraction of sp³-hybridized carbons (Fsp3) is 0.379. The van der Waals surface area contributed by atoms with Crippen molar-refractivity contribution in [2.75, 3.05) is 0 Å². The number of rotatable bonds is 7. The quantitative estimate of drug-likeness (QED) is 0.291. The summed E-state index contributed by atoms with van der Waals surface area (Å²) < 4.78 is 7.97. The van der Waals surface area contributed by atoms with Crippen molar-refractivity contribution in [3.8, 4) is 11.4 Å². The first-order chi connectivity index (χ1) is 18.3. The Morgan fingerprint density at radius 2 is 2.02 bits per heavy atom. The molecule has 1 amide bonds. The second-order valence-electron chi connectivity index (χ2n) is 10.1. The van der Waals surface area contributed by atoms with Gasteiger partial charge in [0.25, 0.3) is 0 Å². The van der Waals surface area contributed by atoms with Gasteiger partial charge in [-0.25, -0.2) is 9.78 Å². The molecule has 5 rings (SSSR count). The van der Waals surface area contributed by atoms with E-state index in [-0.39, 0.29) is 56.7 Å². The molecule has 4 aromatic rings. The maximum Gasteiger partial charge on any atom is 0.353 e. The van der Waals surface area contributed by atoms with Crippen LogP contribution in [-0.2, 0) is 4.79 Å². The summed E-state index contributed by atoms with van der Waals surface area (Å²) in [4.78, 5) is 35.1. The topological polar surface area (TPSA) is 106 Å². The van der Waals surface area contributed by atoms with Crippen LogP contribution in [0.15, 0.2) is 47.9 Å². The average Bonchev–Trinajstić information content (AvgIpc) is 3.25. The van der Waals surface area contributed by atoms with E-state index < -0.39 is 5.69 Å². The zero-order valence-corrected chi connectivity index (χ0v) is 25.7. The third-order valence-electron chi connectivity index (χ3n) is 7.11. The number of aliphatic hydroxyl groups is 1. The molecule has 0 radical (unpaired) electrons. The minimum absolute atomic E-state index is 0. The lowest BCUT2D eigenvalue weighted by Crippen LogP contribution is -2.41. The minimum Gasteiger partial charge on any atom is -0.511 e. The Bertz CT molecular complexity index is 1650. The van der Waals surface area contributed by atoms with Crippen molar-refractivity contribution in [1.29, 1.82) is 0 Å². The van der Waals surface area contributed by atoms with Gasteiger partial charge < -0.3 is 15.2 Å². The van der Waals surface area contributed by atoms with E-state index in [0.717, 1.165) is 48.1 Å². The molecule has 1 saturated carbocycles. The van der Waals surface area contributed by atoms with Gasteiger partial charge in [-0.05, 0) is 75.4 Å². The van der Waals surface area contributed by atoms with Crippen LogP contribution in [0.2, 0.25) is 0 Å². The minimum atomic E-state index is -0.424. The molecule has 1 aromatic carbocycles. The van der Waals surface area contributed by atoms with Crippen LogP contribution in [0.5, 0.6) is 5.75 Å². The highest BCUT2D eigenvalue weighted by molar-refractivity contribution is 7.59. The SMILES string of the molecule is C=CC(=O)N[C@H]1CCCC[C@@H]1CC(O)=c1sc2nccc3c2c1nc(=O)n3-c1ccc(OC(C)C)cc1C.S.S. The van der Waals surface area contributed by atoms with Gasteiger partial charge in [0.05, 0.1) is 27.2 Å². The number of aromatic nitrogens is 3. The fourth-order valence-corrected chi connectivity index (χ4v) is 6.47. The molecule has 0 saturated heterocycles. The number of aryl methyl sites for hydroxylation is 1. The molecule has 1 aliphatic rings. The van der Waals surface area contributed by atoms with E-state index in [4.69, 9.17) is 4.74 Å². The number of benzene rings is 1. The second kappa shape index (κ2) is 13.1. The van der Waals surface area contributed by atoms with Crippen LogP contribution < -0.4 is 20.3 Å². The number of hydrogen-bond donors (Lipinski definition) is 2. The van der Waals surface area contributed by atoms with Crippen LogP contribution in [0.4, 0.5) is 0 Å². The fourth-order valence-electron chi connectivity index (χ4n) is 5.41. The van der Waals surface area contributed by atoms with Gasteiger partial charge >= 0.3 is 5.69 Å². The normalized spacial score (nSPS) is 17.7. The van der Waals surface area contributed by atoms with Gasteiger partial charge in [0.2, 0.25) is 5.91 Å². The van der Waals surface area contributed by atoms with Gasteiger partial charge in [-0.2, -0.15) is 32.0 Å². The maximum absolute atomic E-state index is 13.4. The highest BCUT2D eigenvalue weighted by Gasteiger charge is 2.28. The number of nitrogens with zero attached hydrogens (tertiary/aromatic N) is 3. The molecular formula is C29H36N4O4S3. The lowest BCUT2D eigenvalue weighted by molar-refractivity contribution is -0.117. The maximum atomic E-state index is 13.4. The molecule has 0 unspecified atom stereocenters. The van der Waals surface area contributed by atoms with Crippen molar-refractivity contribution in [2.24, 2.45) is 5.92 Å². The van der Waals surface area contributed by atoms with Crippen molar-refractivity contribution in [1.82, 2.24) is 19.9 Å². The molecule has 0 aliphatic heterocycles. The molecule has 3 heterocycles. The van der Waals surface area contributed by atoms with E-state index in [1.807, 2.05) is 45.0 Å². The van der Waals surface area contributed by atoms with Gasteiger partial charge in [-0.3, -0.25) is 9.36 Å². The van der Waals surface area contributed by atoms with Crippen molar-refractivity contribution in [2.45, 2.75) is 65.0 Å². The van der Waals surface area contributed by atoms with E-state index in [9.17, 15) is 14.7 Å². The first kappa shape index (κ1) is 31.5. The number of carbonyl (C=O) groups excluding carboxylic acids is 1. The molecule has 3 aromatic heterocycles. The van der Waals surface area contributed by atoms with Crippen molar-refractivity contribution >= 4 is 71.2 Å². The molecule has 1 fully saturated rings.